The largest absolute Gasteiger partial charge is 0.368 e. The molecular weight excluding hydrogens is 476 g/mol. The van der Waals surface area contributed by atoms with Crippen molar-refractivity contribution in [1.82, 2.24) is 19.5 Å². The molecule has 0 radical (unpaired) electrons. The maximum atomic E-state index is 10.7. The molecule has 5 rings (SSSR count). The van der Waals surface area contributed by atoms with Gasteiger partial charge in [-0.3, -0.25) is 4.79 Å². The second-order valence-corrected chi connectivity index (χ2v) is 8.75. The number of para-hydroxylation sites is 2. The number of nitrogens with zero attached hydrogens (tertiary/aromatic N) is 3. The summed E-state index contributed by atoms with van der Waals surface area (Å²) in [4.78, 5) is 33.0. The highest BCUT2D eigenvalue weighted by Gasteiger charge is 2.05. The second-order valence-electron chi connectivity index (χ2n) is 8.75. The van der Waals surface area contributed by atoms with Crippen LogP contribution < -0.4 is 11.5 Å². The molecule has 0 spiro atoms. The molecule has 5 N–H and O–H groups in total. The number of benzene rings is 3. The predicted molar refractivity (Wildman–Crippen MR) is 153 cm³/mol. The molecule has 0 unspecified atom stereocenters. The number of imidazole rings is 2. The molecule has 0 bridgehead atoms. The van der Waals surface area contributed by atoms with Crippen LogP contribution in [0, 0.1) is 0 Å². The Morgan fingerprint density at radius 1 is 0.921 bits per heavy atom. The van der Waals surface area contributed by atoms with E-state index in [2.05, 4.69) is 63.2 Å². The number of nitrogens with two attached hydrogens (primary N) is 2. The van der Waals surface area contributed by atoms with Crippen molar-refractivity contribution < 1.29 is 9.59 Å². The summed E-state index contributed by atoms with van der Waals surface area (Å²) in [6, 6.07) is 22.5. The molecule has 3 aromatic carbocycles. The fourth-order valence-corrected chi connectivity index (χ4v) is 4.17. The number of primary amides is 1. The molecule has 0 fully saturated rings. The van der Waals surface area contributed by atoms with E-state index >= 15 is 0 Å². The Morgan fingerprint density at radius 2 is 1.66 bits per heavy atom. The van der Waals surface area contributed by atoms with Gasteiger partial charge in [-0.1, -0.05) is 61.4 Å². The van der Waals surface area contributed by atoms with Crippen molar-refractivity contribution >= 4 is 34.0 Å². The lowest BCUT2D eigenvalue weighted by Gasteiger charge is -2.02. The molecule has 0 saturated heterocycles. The maximum Gasteiger partial charge on any atom is 0.237 e. The van der Waals surface area contributed by atoms with Crippen LogP contribution in [-0.4, -0.2) is 38.8 Å². The Hall–Kier alpha value is -4.30. The first-order valence-electron chi connectivity index (χ1n) is 12.9. The number of H-pyrrole nitrogens is 1. The highest BCUT2D eigenvalue weighted by atomic mass is 16.1. The predicted octanol–water partition coefficient (Wildman–Crippen LogP) is 5.02. The number of fused-ring (bicyclic) bond motifs is 2. The van der Waals surface area contributed by atoms with E-state index in [0.29, 0.717) is 6.42 Å². The zero-order chi connectivity index (χ0) is 27.2. The van der Waals surface area contributed by atoms with Crippen LogP contribution in [0.25, 0.3) is 33.1 Å². The topological polar surface area (TPSA) is 133 Å². The van der Waals surface area contributed by atoms with Gasteiger partial charge in [0.2, 0.25) is 5.91 Å². The summed E-state index contributed by atoms with van der Waals surface area (Å²) < 4.78 is 1.73. The number of nitrogens with one attached hydrogen (secondary N) is 1. The van der Waals surface area contributed by atoms with Gasteiger partial charge >= 0.3 is 0 Å². The van der Waals surface area contributed by atoms with Gasteiger partial charge in [-0.05, 0) is 48.9 Å². The molecule has 0 saturated carbocycles. The zero-order valence-electron chi connectivity index (χ0n) is 21.8. The van der Waals surface area contributed by atoms with Gasteiger partial charge in [0.1, 0.15) is 18.7 Å². The third-order valence-corrected chi connectivity index (χ3v) is 6.03. The Morgan fingerprint density at radius 3 is 2.45 bits per heavy atom. The molecule has 8 heteroatoms. The number of aromatic nitrogens is 4. The summed E-state index contributed by atoms with van der Waals surface area (Å²) in [6.07, 6.45) is 10.6. The van der Waals surface area contributed by atoms with Crippen molar-refractivity contribution in [3.05, 3.63) is 85.1 Å². The van der Waals surface area contributed by atoms with Gasteiger partial charge in [-0.25, -0.2) is 9.97 Å². The summed E-state index contributed by atoms with van der Waals surface area (Å²) in [7, 11) is 1.50. The molecule has 2 aromatic heterocycles. The smallest absolute Gasteiger partial charge is 0.237 e. The molecule has 0 aliphatic rings. The van der Waals surface area contributed by atoms with E-state index < -0.39 is 0 Å². The summed E-state index contributed by atoms with van der Waals surface area (Å²) in [5, 5.41) is 2.50. The van der Waals surface area contributed by atoms with E-state index in [1.807, 2.05) is 30.5 Å². The quantitative estimate of drug-likeness (QED) is 0.179. The molecule has 8 nitrogen and oxygen atoms in total. The van der Waals surface area contributed by atoms with Crippen LogP contribution in [0.2, 0.25) is 0 Å². The number of hydrogen-bond acceptors (Lipinski definition) is 5. The van der Waals surface area contributed by atoms with Crippen molar-refractivity contribution in [3.8, 4) is 11.3 Å². The van der Waals surface area contributed by atoms with Crippen LogP contribution in [0.5, 0.6) is 0 Å². The molecule has 198 valence electrons. The van der Waals surface area contributed by atoms with Gasteiger partial charge in [0.05, 0.1) is 29.3 Å². The highest BCUT2D eigenvalue weighted by Crippen LogP contribution is 2.23. The Labute approximate surface area is 223 Å². The first-order valence-corrected chi connectivity index (χ1v) is 12.9. The number of hydrogen-bond donors (Lipinski definition) is 3. The number of rotatable bonds is 10. The van der Waals surface area contributed by atoms with Gasteiger partial charge in [-0.2, -0.15) is 0 Å². The maximum absolute atomic E-state index is 10.7. The van der Waals surface area contributed by atoms with Gasteiger partial charge < -0.3 is 25.8 Å². The number of aromatic amines is 1. The molecular formula is C30H36N6O2. The third-order valence-electron chi connectivity index (χ3n) is 6.03. The number of amides is 1. The standard InChI is InChI=1S/C20H22N2O.C9H9N3O.CH5N/c23-13-7-3-1-2-4-10-20-21-15-19(22-20)18-12-11-16-8-5-6-9-17(16)14-18;10-9(13)5-12-6-11-7-3-1-2-4-8(7)12;1-2/h5-6,8-9,11-15H,1-4,7,10H2,(H,21,22);1-4,6H,5H2,(H2,10,13);2H2,1H3. The Balaban J connectivity index is 0.000000225. The van der Waals surface area contributed by atoms with Crippen LogP contribution in [0.15, 0.2) is 79.3 Å². The van der Waals surface area contributed by atoms with Crippen LogP contribution in [0.3, 0.4) is 0 Å². The molecule has 38 heavy (non-hydrogen) atoms. The van der Waals surface area contributed by atoms with Gasteiger partial charge in [0, 0.05) is 18.4 Å². The van der Waals surface area contributed by atoms with Crippen LogP contribution in [-0.2, 0) is 22.6 Å². The fourth-order valence-electron chi connectivity index (χ4n) is 4.17. The van der Waals surface area contributed by atoms with Crippen LogP contribution in [0.4, 0.5) is 0 Å². The lowest BCUT2D eigenvalue weighted by atomic mass is 10.1. The molecule has 0 aliphatic heterocycles. The van der Waals surface area contributed by atoms with E-state index in [-0.39, 0.29) is 12.5 Å². The first-order chi connectivity index (χ1) is 18.6. The van der Waals surface area contributed by atoms with Crippen molar-refractivity contribution in [2.45, 2.75) is 45.1 Å². The van der Waals surface area contributed by atoms with E-state index in [1.165, 1.54) is 23.4 Å². The Kier molecular flexibility index (Phi) is 11.2. The summed E-state index contributed by atoms with van der Waals surface area (Å²) in [5.41, 5.74) is 13.6. The van der Waals surface area contributed by atoms with E-state index in [1.54, 1.807) is 10.9 Å². The lowest BCUT2D eigenvalue weighted by Crippen LogP contribution is -2.17. The lowest BCUT2D eigenvalue weighted by molar-refractivity contribution is -0.118. The monoisotopic (exact) mass is 512 g/mol. The molecule has 1 amide bonds. The second kappa shape index (κ2) is 15.1. The fraction of sp³-hybridized carbons (Fsp3) is 0.267. The van der Waals surface area contributed by atoms with Crippen molar-refractivity contribution in [2.24, 2.45) is 11.5 Å². The zero-order valence-corrected chi connectivity index (χ0v) is 21.8. The van der Waals surface area contributed by atoms with Gasteiger partial charge in [0.15, 0.2) is 0 Å². The third kappa shape index (κ3) is 8.11. The minimum atomic E-state index is -0.358. The van der Waals surface area contributed by atoms with Crippen LogP contribution in [0.1, 0.15) is 37.9 Å². The number of carbonyl (C=O) groups excluding carboxylic acids is 2. The van der Waals surface area contributed by atoms with Crippen LogP contribution >= 0.6 is 0 Å². The average Bonchev–Trinajstić information content (AvgIpc) is 3.59. The SMILES string of the molecule is CN.NC(=O)Cn1cnc2ccccc21.O=CCCCCCCc1ncc(-c2ccc3ccccc3c2)[nH]1. The van der Waals surface area contributed by atoms with Crippen molar-refractivity contribution in [2.75, 3.05) is 7.05 Å². The molecule has 5 aromatic rings. The normalized spacial score (nSPS) is 10.4. The van der Waals surface area contributed by atoms with E-state index in [9.17, 15) is 9.59 Å². The number of carbonyl (C=O) groups is 2. The average molecular weight is 513 g/mol. The summed E-state index contributed by atoms with van der Waals surface area (Å²) in [5.74, 6) is 0.687. The van der Waals surface area contributed by atoms with E-state index in [4.69, 9.17) is 5.73 Å². The van der Waals surface area contributed by atoms with E-state index in [0.717, 1.165) is 60.9 Å². The molecule has 0 atom stereocenters. The van der Waals surface area contributed by atoms with Gasteiger partial charge in [0.25, 0.3) is 0 Å². The van der Waals surface area contributed by atoms with Crippen molar-refractivity contribution in [1.29, 1.82) is 0 Å². The Bertz CT molecular complexity index is 1440. The summed E-state index contributed by atoms with van der Waals surface area (Å²) in [6.45, 7) is 0.181. The minimum absolute atomic E-state index is 0.181. The number of aldehydes is 1. The van der Waals surface area contributed by atoms with Crippen molar-refractivity contribution in [3.63, 3.8) is 0 Å². The number of unbranched alkanes of at least 4 members (excludes halogenated alkanes) is 4. The minimum Gasteiger partial charge on any atom is -0.368 e. The summed E-state index contributed by atoms with van der Waals surface area (Å²) >= 11 is 0. The highest BCUT2D eigenvalue weighted by molar-refractivity contribution is 5.86. The molecule has 2 heterocycles. The first kappa shape index (κ1) is 28.3. The number of aryl methyl sites for hydroxylation is 1. The molecule has 0 aliphatic carbocycles. The van der Waals surface area contributed by atoms with Gasteiger partial charge in [-0.15, -0.1) is 0 Å².